The van der Waals surface area contributed by atoms with E-state index in [-0.39, 0.29) is 5.01 Å². The molecule has 0 amide bonds. The lowest BCUT2D eigenvalue weighted by molar-refractivity contribution is -0.157. The summed E-state index contributed by atoms with van der Waals surface area (Å²) in [6, 6.07) is 5.24. The maximum absolute atomic E-state index is 12.7. The lowest BCUT2D eigenvalue weighted by atomic mass is 10.1. The Hall–Kier alpha value is -1.54. The molecule has 0 bridgehead atoms. The monoisotopic (exact) mass is 382 g/mol. The van der Waals surface area contributed by atoms with Gasteiger partial charge in [0.05, 0.1) is 9.72 Å². The number of aromatic nitrogens is 1. The van der Waals surface area contributed by atoms with Gasteiger partial charge in [-0.1, -0.05) is 24.1 Å². The maximum Gasteiger partial charge on any atom is 0.341 e. The van der Waals surface area contributed by atoms with E-state index in [0.29, 0.717) is 10.5 Å². The first-order chi connectivity index (χ1) is 12.0. The summed E-state index contributed by atoms with van der Waals surface area (Å²) in [6.07, 6.45) is 1.25. The van der Waals surface area contributed by atoms with Crippen LogP contribution in [0.25, 0.3) is 10.2 Å². The van der Waals surface area contributed by atoms with Gasteiger partial charge in [0.2, 0.25) is 11.9 Å². The standard InChI is InChI=1S/C17H19ClN2O4S/c1-10(20-8-3-2-4-9-20)24-15(17(22)23)14(21)16-19-13-11(18)6-5-7-12(13)25-16/h5-7,10,15H,2-4,8-9H2,1H3,(H,22,23). The molecule has 3 rings (SSSR count). The van der Waals surface area contributed by atoms with Crippen molar-refractivity contribution in [2.24, 2.45) is 0 Å². The fourth-order valence-corrected chi connectivity index (χ4v) is 4.15. The second-order valence-electron chi connectivity index (χ2n) is 6.02. The fraction of sp³-hybridized carbons (Fsp3) is 0.471. The van der Waals surface area contributed by atoms with Gasteiger partial charge in [0.1, 0.15) is 11.7 Å². The third-order valence-electron chi connectivity index (χ3n) is 4.28. The zero-order valence-electron chi connectivity index (χ0n) is 13.8. The van der Waals surface area contributed by atoms with Crippen LogP contribution in [0.4, 0.5) is 0 Å². The van der Waals surface area contributed by atoms with Crippen molar-refractivity contribution in [1.29, 1.82) is 0 Å². The van der Waals surface area contributed by atoms with Crippen LogP contribution in [-0.4, -0.2) is 52.2 Å². The van der Waals surface area contributed by atoms with Crippen molar-refractivity contribution in [2.75, 3.05) is 13.1 Å². The molecule has 2 atom stereocenters. The summed E-state index contributed by atoms with van der Waals surface area (Å²) in [6.45, 7) is 3.47. The zero-order valence-corrected chi connectivity index (χ0v) is 15.3. The molecule has 1 aliphatic rings. The fourth-order valence-electron chi connectivity index (χ4n) is 2.93. The van der Waals surface area contributed by atoms with Crippen LogP contribution in [0.5, 0.6) is 0 Å². The Balaban J connectivity index is 1.80. The number of piperidine rings is 1. The molecule has 2 heterocycles. The Morgan fingerprint density at radius 2 is 2.04 bits per heavy atom. The number of fused-ring (bicyclic) bond motifs is 1. The van der Waals surface area contributed by atoms with Gasteiger partial charge >= 0.3 is 5.97 Å². The molecule has 1 saturated heterocycles. The summed E-state index contributed by atoms with van der Waals surface area (Å²) in [5.41, 5.74) is 0.505. The Bertz CT molecular complexity index is 788. The molecule has 0 saturated carbocycles. The molecule has 1 aromatic carbocycles. The van der Waals surface area contributed by atoms with Gasteiger partial charge in [0.25, 0.3) is 0 Å². The average molecular weight is 383 g/mol. The highest BCUT2D eigenvalue weighted by Crippen LogP contribution is 2.29. The first-order valence-corrected chi connectivity index (χ1v) is 9.38. The van der Waals surface area contributed by atoms with Crippen LogP contribution in [0.15, 0.2) is 18.2 Å². The number of carboxylic acids is 1. The number of nitrogens with zero attached hydrogens (tertiary/aromatic N) is 2. The second-order valence-corrected chi connectivity index (χ2v) is 7.46. The van der Waals surface area contributed by atoms with Crippen molar-refractivity contribution in [3.63, 3.8) is 0 Å². The predicted octanol–water partition coefficient (Wildman–Crippen LogP) is 3.43. The third-order valence-corrected chi connectivity index (χ3v) is 5.62. The van der Waals surface area contributed by atoms with Crippen LogP contribution in [0.3, 0.4) is 0 Å². The smallest absolute Gasteiger partial charge is 0.341 e. The number of likely N-dealkylation sites (tertiary alicyclic amines) is 1. The quantitative estimate of drug-likeness (QED) is 0.609. The minimum Gasteiger partial charge on any atom is -0.479 e. The first-order valence-electron chi connectivity index (χ1n) is 8.19. The largest absolute Gasteiger partial charge is 0.479 e. The minimum absolute atomic E-state index is 0.0985. The van der Waals surface area contributed by atoms with E-state index in [1.54, 1.807) is 25.1 Å². The van der Waals surface area contributed by atoms with Crippen LogP contribution in [0.2, 0.25) is 5.02 Å². The number of thiazole rings is 1. The van der Waals surface area contributed by atoms with E-state index in [2.05, 4.69) is 9.88 Å². The van der Waals surface area contributed by atoms with E-state index < -0.39 is 24.1 Å². The highest BCUT2D eigenvalue weighted by atomic mass is 35.5. The number of carboxylic acid groups (broad SMARTS) is 1. The highest BCUT2D eigenvalue weighted by Gasteiger charge is 2.34. The van der Waals surface area contributed by atoms with Gasteiger partial charge in [-0.15, -0.1) is 11.3 Å². The second kappa shape index (κ2) is 7.78. The molecule has 0 aliphatic carbocycles. The summed E-state index contributed by atoms with van der Waals surface area (Å²) < 4.78 is 6.34. The number of hydrogen-bond donors (Lipinski definition) is 1. The number of rotatable bonds is 6. The van der Waals surface area contributed by atoms with Gasteiger partial charge in [0, 0.05) is 13.1 Å². The number of para-hydroxylation sites is 1. The summed E-state index contributed by atoms with van der Waals surface area (Å²) >= 11 is 7.21. The molecular weight excluding hydrogens is 364 g/mol. The number of halogens is 1. The Kier molecular flexibility index (Phi) is 5.68. The third kappa shape index (κ3) is 4.00. The van der Waals surface area contributed by atoms with E-state index in [4.69, 9.17) is 16.3 Å². The molecule has 0 spiro atoms. The van der Waals surface area contributed by atoms with Crippen LogP contribution < -0.4 is 0 Å². The number of Topliss-reactive ketones (excluding diaryl/α,β-unsaturated/α-hetero) is 1. The number of benzene rings is 1. The number of ketones is 1. The Morgan fingerprint density at radius 1 is 1.32 bits per heavy atom. The molecule has 1 N–H and O–H groups in total. The van der Waals surface area contributed by atoms with Gasteiger partial charge in [-0.2, -0.15) is 0 Å². The van der Waals surface area contributed by atoms with Crippen molar-refractivity contribution in [1.82, 2.24) is 9.88 Å². The van der Waals surface area contributed by atoms with Crippen LogP contribution in [0, 0.1) is 0 Å². The number of aliphatic carboxylic acids is 1. The summed E-state index contributed by atoms with van der Waals surface area (Å²) in [7, 11) is 0. The van der Waals surface area contributed by atoms with Gasteiger partial charge < -0.3 is 9.84 Å². The summed E-state index contributed by atoms with van der Waals surface area (Å²) in [4.78, 5) is 30.5. The Labute approximate surface area is 154 Å². The van der Waals surface area contributed by atoms with Gasteiger partial charge in [-0.3, -0.25) is 9.69 Å². The van der Waals surface area contributed by atoms with E-state index in [0.717, 1.165) is 48.4 Å². The summed E-state index contributed by atoms with van der Waals surface area (Å²) in [5.74, 6) is -1.95. The van der Waals surface area contributed by atoms with Gasteiger partial charge in [-0.05, 0) is 31.9 Å². The minimum atomic E-state index is -1.57. The maximum atomic E-state index is 12.7. The molecule has 1 fully saturated rings. The molecule has 1 aliphatic heterocycles. The predicted molar refractivity (Wildman–Crippen MR) is 96.4 cm³/mol. The number of ether oxygens (including phenoxy) is 1. The lowest BCUT2D eigenvalue weighted by Gasteiger charge is -2.33. The molecule has 25 heavy (non-hydrogen) atoms. The zero-order chi connectivity index (χ0) is 18.0. The SMILES string of the molecule is CC(OC(C(=O)O)C(=O)c1nc2c(Cl)cccc2s1)N1CCCCC1. The number of carbonyl (C=O) groups excluding carboxylic acids is 1. The van der Waals surface area contributed by atoms with Crippen LogP contribution in [0.1, 0.15) is 36.0 Å². The van der Waals surface area contributed by atoms with Crippen LogP contribution >= 0.6 is 22.9 Å². The van der Waals surface area contributed by atoms with E-state index in [1.807, 2.05) is 0 Å². The molecule has 1 aromatic heterocycles. The first kappa shape index (κ1) is 18.3. The van der Waals surface area contributed by atoms with Crippen molar-refractivity contribution in [3.8, 4) is 0 Å². The number of carbonyl (C=O) groups is 2. The van der Waals surface area contributed by atoms with Gasteiger partial charge in [-0.25, -0.2) is 9.78 Å². The normalized spacial score (nSPS) is 18.2. The lowest BCUT2D eigenvalue weighted by Crippen LogP contribution is -2.44. The van der Waals surface area contributed by atoms with Crippen molar-refractivity contribution >= 4 is 44.9 Å². The van der Waals surface area contributed by atoms with E-state index >= 15 is 0 Å². The molecule has 134 valence electrons. The average Bonchev–Trinajstić information content (AvgIpc) is 3.05. The molecule has 0 radical (unpaired) electrons. The Morgan fingerprint density at radius 3 is 2.68 bits per heavy atom. The van der Waals surface area contributed by atoms with E-state index in [9.17, 15) is 14.7 Å². The summed E-state index contributed by atoms with van der Waals surface area (Å²) in [5, 5.41) is 10.00. The molecule has 6 nitrogen and oxygen atoms in total. The molecule has 2 aromatic rings. The van der Waals surface area contributed by atoms with Crippen molar-refractivity contribution in [3.05, 3.63) is 28.2 Å². The highest BCUT2D eigenvalue weighted by molar-refractivity contribution is 7.20. The van der Waals surface area contributed by atoms with Crippen LogP contribution in [-0.2, 0) is 9.53 Å². The molecule has 8 heteroatoms. The topological polar surface area (TPSA) is 79.7 Å². The van der Waals surface area contributed by atoms with Crippen molar-refractivity contribution < 1.29 is 19.4 Å². The van der Waals surface area contributed by atoms with Gasteiger partial charge in [0.15, 0.2) is 5.01 Å². The molecule has 2 unspecified atom stereocenters. The van der Waals surface area contributed by atoms with Crippen molar-refractivity contribution in [2.45, 2.75) is 38.5 Å². The van der Waals surface area contributed by atoms with E-state index in [1.165, 1.54) is 0 Å². The molecular formula is C17H19ClN2O4S. The number of hydrogen-bond acceptors (Lipinski definition) is 6.